The van der Waals surface area contributed by atoms with E-state index in [0.717, 1.165) is 30.7 Å². The number of benzene rings is 1. The fourth-order valence-electron chi connectivity index (χ4n) is 1.59. The molecule has 0 aliphatic rings. The molecule has 18 heavy (non-hydrogen) atoms. The second kappa shape index (κ2) is 8.95. The van der Waals surface area contributed by atoms with Crippen LogP contribution in [0.2, 0.25) is 0 Å². The molecule has 3 nitrogen and oxygen atoms in total. The van der Waals surface area contributed by atoms with E-state index in [0.29, 0.717) is 25.7 Å². The van der Waals surface area contributed by atoms with E-state index in [-0.39, 0.29) is 0 Å². The van der Waals surface area contributed by atoms with E-state index in [9.17, 15) is 0 Å². The lowest BCUT2D eigenvalue weighted by atomic mass is 10.1. The van der Waals surface area contributed by atoms with Crippen molar-refractivity contribution in [1.82, 2.24) is 0 Å². The summed E-state index contributed by atoms with van der Waals surface area (Å²) in [5.74, 6) is 0.701. The van der Waals surface area contributed by atoms with Crippen molar-refractivity contribution in [3.05, 3.63) is 29.8 Å². The molecular weight excluding hydrogens is 226 g/mol. The Morgan fingerprint density at radius 1 is 1.00 bits per heavy atom. The van der Waals surface area contributed by atoms with E-state index in [4.69, 9.17) is 15.2 Å². The fraction of sp³-hybridized carbons (Fsp3) is 0.600. The predicted octanol–water partition coefficient (Wildman–Crippen LogP) is 2.89. The van der Waals surface area contributed by atoms with E-state index < -0.39 is 0 Å². The first-order valence-corrected chi connectivity index (χ1v) is 6.69. The first-order chi connectivity index (χ1) is 8.70. The van der Waals surface area contributed by atoms with Gasteiger partial charge >= 0.3 is 0 Å². The minimum Gasteiger partial charge on any atom is -0.399 e. The van der Waals surface area contributed by atoms with Crippen molar-refractivity contribution < 1.29 is 9.47 Å². The highest BCUT2D eigenvalue weighted by Crippen LogP contribution is 2.10. The molecule has 0 aromatic heterocycles. The Morgan fingerprint density at radius 2 is 1.67 bits per heavy atom. The molecule has 0 heterocycles. The molecule has 0 unspecified atom stereocenters. The Bertz CT molecular complexity index is 326. The normalized spacial score (nSPS) is 11.1. The maximum absolute atomic E-state index is 5.85. The number of hydrogen-bond donors (Lipinski definition) is 1. The summed E-state index contributed by atoms with van der Waals surface area (Å²) in [7, 11) is 0. The molecule has 0 spiro atoms. The first kappa shape index (κ1) is 15.0. The highest BCUT2D eigenvalue weighted by atomic mass is 16.5. The van der Waals surface area contributed by atoms with Crippen LogP contribution in [-0.4, -0.2) is 26.4 Å². The zero-order valence-corrected chi connectivity index (χ0v) is 11.5. The topological polar surface area (TPSA) is 44.5 Å². The summed E-state index contributed by atoms with van der Waals surface area (Å²) in [5, 5.41) is 0. The Morgan fingerprint density at radius 3 is 2.33 bits per heavy atom. The van der Waals surface area contributed by atoms with E-state index >= 15 is 0 Å². The van der Waals surface area contributed by atoms with Crippen LogP contribution in [0.15, 0.2) is 24.3 Å². The van der Waals surface area contributed by atoms with E-state index in [2.05, 4.69) is 13.8 Å². The summed E-state index contributed by atoms with van der Waals surface area (Å²) in [6, 6.07) is 7.91. The summed E-state index contributed by atoms with van der Waals surface area (Å²) in [4.78, 5) is 0. The molecule has 2 N–H and O–H groups in total. The summed E-state index contributed by atoms with van der Waals surface area (Å²) in [5.41, 5.74) is 7.84. The summed E-state index contributed by atoms with van der Waals surface area (Å²) < 4.78 is 11.0. The molecule has 102 valence electrons. The minimum absolute atomic E-state index is 0.658. The average Bonchev–Trinajstić information content (AvgIpc) is 2.34. The molecule has 0 bridgehead atoms. The smallest absolute Gasteiger partial charge is 0.0700 e. The van der Waals surface area contributed by atoms with Gasteiger partial charge in [0.1, 0.15) is 0 Å². The lowest BCUT2D eigenvalue weighted by Crippen LogP contribution is -2.09. The van der Waals surface area contributed by atoms with Gasteiger partial charge in [-0.25, -0.2) is 0 Å². The third-order valence-corrected chi connectivity index (χ3v) is 2.78. The van der Waals surface area contributed by atoms with Gasteiger partial charge < -0.3 is 15.2 Å². The Balaban J connectivity index is 1.98. The number of ether oxygens (including phenoxy) is 2. The van der Waals surface area contributed by atoms with Crippen LogP contribution in [0.25, 0.3) is 0 Å². The number of anilines is 1. The third-order valence-electron chi connectivity index (χ3n) is 2.78. The molecule has 0 saturated heterocycles. The second-order valence-corrected chi connectivity index (χ2v) is 4.86. The summed E-state index contributed by atoms with van der Waals surface area (Å²) >= 11 is 0. The fourth-order valence-corrected chi connectivity index (χ4v) is 1.59. The molecule has 0 amide bonds. The summed E-state index contributed by atoms with van der Waals surface area (Å²) in [6.07, 6.45) is 1.97. The summed E-state index contributed by atoms with van der Waals surface area (Å²) in [6.45, 7) is 7.25. The van der Waals surface area contributed by atoms with Gasteiger partial charge in [0.05, 0.1) is 19.8 Å². The molecule has 0 fully saturated rings. The van der Waals surface area contributed by atoms with Crippen LogP contribution in [0, 0.1) is 5.92 Å². The zero-order chi connectivity index (χ0) is 13.2. The highest BCUT2D eigenvalue weighted by Gasteiger charge is 1.98. The van der Waals surface area contributed by atoms with Gasteiger partial charge in [-0.15, -0.1) is 0 Å². The van der Waals surface area contributed by atoms with Gasteiger partial charge in [0.2, 0.25) is 0 Å². The highest BCUT2D eigenvalue weighted by molar-refractivity contribution is 5.46. The van der Waals surface area contributed by atoms with E-state index in [1.165, 1.54) is 0 Å². The maximum atomic E-state index is 5.85. The molecule has 3 heteroatoms. The van der Waals surface area contributed by atoms with Crippen LogP contribution in [0.5, 0.6) is 0 Å². The molecule has 0 saturated carbocycles. The molecule has 0 radical (unpaired) electrons. The lowest BCUT2D eigenvalue weighted by molar-refractivity contribution is 0.0451. The van der Waals surface area contributed by atoms with Gasteiger partial charge in [-0.1, -0.05) is 32.0 Å². The molecule has 0 atom stereocenters. The predicted molar refractivity (Wildman–Crippen MR) is 75.7 cm³/mol. The monoisotopic (exact) mass is 251 g/mol. The molecule has 1 aromatic rings. The molecule has 1 rings (SSSR count). The number of nitrogens with two attached hydrogens (primary N) is 1. The van der Waals surface area contributed by atoms with Crippen LogP contribution in [0.1, 0.15) is 25.8 Å². The van der Waals surface area contributed by atoms with Crippen molar-refractivity contribution in [3.8, 4) is 0 Å². The first-order valence-electron chi connectivity index (χ1n) is 6.69. The zero-order valence-electron chi connectivity index (χ0n) is 11.5. The minimum atomic E-state index is 0.658. The van der Waals surface area contributed by atoms with Crippen molar-refractivity contribution in [2.75, 3.05) is 32.2 Å². The number of rotatable bonds is 9. The SMILES string of the molecule is CC(C)CCOCCOCCc1ccccc1N. The lowest BCUT2D eigenvalue weighted by Gasteiger charge is -2.08. The van der Waals surface area contributed by atoms with Gasteiger partial charge in [0, 0.05) is 12.3 Å². The number of para-hydroxylation sites is 1. The molecule has 0 aliphatic carbocycles. The molecule has 0 aliphatic heterocycles. The molecular formula is C15H25NO2. The van der Waals surface area contributed by atoms with Crippen molar-refractivity contribution >= 4 is 5.69 Å². The van der Waals surface area contributed by atoms with Crippen LogP contribution in [0.4, 0.5) is 5.69 Å². The van der Waals surface area contributed by atoms with Gasteiger partial charge in [0.25, 0.3) is 0 Å². The largest absolute Gasteiger partial charge is 0.399 e. The Labute approximate surface area is 110 Å². The molecule has 1 aromatic carbocycles. The number of hydrogen-bond acceptors (Lipinski definition) is 3. The van der Waals surface area contributed by atoms with Gasteiger partial charge in [0.15, 0.2) is 0 Å². The maximum Gasteiger partial charge on any atom is 0.0700 e. The average molecular weight is 251 g/mol. The van der Waals surface area contributed by atoms with Crippen LogP contribution in [-0.2, 0) is 15.9 Å². The van der Waals surface area contributed by atoms with Crippen molar-refractivity contribution in [3.63, 3.8) is 0 Å². The van der Waals surface area contributed by atoms with Crippen LogP contribution < -0.4 is 5.73 Å². The Hall–Kier alpha value is -1.06. The van der Waals surface area contributed by atoms with Crippen molar-refractivity contribution in [1.29, 1.82) is 0 Å². The van der Waals surface area contributed by atoms with Crippen LogP contribution >= 0.6 is 0 Å². The Kier molecular flexibility index (Phi) is 7.46. The second-order valence-electron chi connectivity index (χ2n) is 4.86. The van der Waals surface area contributed by atoms with Crippen molar-refractivity contribution in [2.45, 2.75) is 26.7 Å². The van der Waals surface area contributed by atoms with Gasteiger partial charge in [-0.05, 0) is 30.4 Å². The third kappa shape index (κ3) is 6.62. The standard InChI is InChI=1S/C15H25NO2/c1-13(2)7-9-17-11-12-18-10-8-14-5-3-4-6-15(14)16/h3-6,13H,7-12,16H2,1-2H3. The van der Waals surface area contributed by atoms with E-state index in [1.807, 2.05) is 24.3 Å². The van der Waals surface area contributed by atoms with Gasteiger partial charge in [-0.3, -0.25) is 0 Å². The number of nitrogen functional groups attached to an aromatic ring is 1. The van der Waals surface area contributed by atoms with E-state index in [1.54, 1.807) is 0 Å². The quantitative estimate of drug-likeness (QED) is 0.542. The van der Waals surface area contributed by atoms with Crippen molar-refractivity contribution in [2.24, 2.45) is 5.92 Å². The van der Waals surface area contributed by atoms with Gasteiger partial charge in [-0.2, -0.15) is 0 Å². The van der Waals surface area contributed by atoms with Crippen LogP contribution in [0.3, 0.4) is 0 Å².